The van der Waals surface area contributed by atoms with Gasteiger partial charge < -0.3 is 19.5 Å². The van der Waals surface area contributed by atoms with Crippen LogP contribution in [0.4, 0.5) is 0 Å². The zero-order valence-corrected chi connectivity index (χ0v) is 13.1. The molecular formula is C14H20BrNO3. The highest BCUT2D eigenvalue weighted by Crippen LogP contribution is 2.39. The van der Waals surface area contributed by atoms with E-state index >= 15 is 0 Å². The smallest absolute Gasteiger partial charge is 0.231 e. The van der Waals surface area contributed by atoms with Crippen LogP contribution in [0.5, 0.6) is 11.5 Å². The van der Waals surface area contributed by atoms with Gasteiger partial charge in [0.05, 0.1) is 11.1 Å². The first-order chi connectivity index (χ1) is 9.11. The van der Waals surface area contributed by atoms with Crippen LogP contribution in [0, 0.1) is 5.92 Å². The summed E-state index contributed by atoms with van der Waals surface area (Å²) < 4.78 is 17.0. The Morgan fingerprint density at radius 3 is 2.84 bits per heavy atom. The molecule has 0 fully saturated rings. The molecular weight excluding hydrogens is 310 g/mol. The molecule has 0 amide bonds. The number of methoxy groups -OCH3 is 1. The Bertz CT molecular complexity index is 437. The minimum absolute atomic E-state index is 0.295. The van der Waals surface area contributed by atoms with Crippen LogP contribution in [0.15, 0.2) is 16.6 Å². The Labute approximate surface area is 122 Å². The third-order valence-corrected chi connectivity index (χ3v) is 3.80. The molecule has 0 saturated carbocycles. The number of rotatable bonds is 6. The van der Waals surface area contributed by atoms with Crippen molar-refractivity contribution in [2.45, 2.75) is 26.4 Å². The van der Waals surface area contributed by atoms with E-state index in [0.29, 0.717) is 25.4 Å². The van der Waals surface area contributed by atoms with Gasteiger partial charge in [0.1, 0.15) is 0 Å². The molecule has 0 aromatic heterocycles. The van der Waals surface area contributed by atoms with Gasteiger partial charge in [-0.2, -0.15) is 0 Å². The van der Waals surface area contributed by atoms with Gasteiger partial charge >= 0.3 is 0 Å². The quantitative estimate of drug-likeness (QED) is 0.871. The van der Waals surface area contributed by atoms with Crippen LogP contribution in [0.25, 0.3) is 0 Å². The van der Waals surface area contributed by atoms with Crippen molar-refractivity contribution in [1.29, 1.82) is 0 Å². The number of benzene rings is 1. The summed E-state index contributed by atoms with van der Waals surface area (Å²) in [6.07, 6.45) is 0. The molecule has 4 nitrogen and oxygen atoms in total. The van der Waals surface area contributed by atoms with Crippen LogP contribution in [0.3, 0.4) is 0 Å². The van der Waals surface area contributed by atoms with Crippen LogP contribution in [-0.4, -0.2) is 26.6 Å². The topological polar surface area (TPSA) is 39.7 Å². The van der Waals surface area contributed by atoms with E-state index in [4.69, 9.17) is 14.2 Å². The van der Waals surface area contributed by atoms with E-state index in [1.807, 2.05) is 6.07 Å². The lowest BCUT2D eigenvalue weighted by atomic mass is 10.0. The Morgan fingerprint density at radius 2 is 2.16 bits per heavy atom. The first kappa shape index (κ1) is 14.6. The van der Waals surface area contributed by atoms with E-state index in [0.717, 1.165) is 28.1 Å². The molecule has 0 saturated heterocycles. The first-order valence-electron chi connectivity index (χ1n) is 6.42. The highest BCUT2D eigenvalue weighted by Gasteiger charge is 2.18. The second-order valence-electron chi connectivity index (χ2n) is 5.00. The van der Waals surface area contributed by atoms with Crippen LogP contribution in [0.2, 0.25) is 0 Å². The van der Waals surface area contributed by atoms with Crippen molar-refractivity contribution < 1.29 is 14.2 Å². The van der Waals surface area contributed by atoms with E-state index in [1.54, 1.807) is 7.11 Å². The molecule has 1 heterocycles. The Morgan fingerprint density at radius 1 is 1.37 bits per heavy atom. The van der Waals surface area contributed by atoms with Gasteiger partial charge in [-0.15, -0.1) is 0 Å². The molecule has 1 aliphatic rings. The maximum absolute atomic E-state index is 5.42. The lowest BCUT2D eigenvalue weighted by molar-refractivity contribution is 0.146. The number of nitrogens with one attached hydrogen (secondary N) is 1. The van der Waals surface area contributed by atoms with Crippen LogP contribution >= 0.6 is 15.9 Å². The Kier molecular flexibility index (Phi) is 5.07. The SMILES string of the molecule is COCC(NCc1cc(Br)c2c(c1)OCO2)C(C)C. The number of hydrogen-bond acceptors (Lipinski definition) is 4. The molecule has 106 valence electrons. The number of halogens is 1. The largest absolute Gasteiger partial charge is 0.454 e. The molecule has 1 unspecified atom stereocenters. The molecule has 5 heteroatoms. The third kappa shape index (κ3) is 3.61. The van der Waals surface area contributed by atoms with Gasteiger partial charge in [0.15, 0.2) is 11.5 Å². The van der Waals surface area contributed by atoms with Crippen molar-refractivity contribution >= 4 is 15.9 Å². The van der Waals surface area contributed by atoms with Gasteiger partial charge in [-0.3, -0.25) is 0 Å². The monoisotopic (exact) mass is 329 g/mol. The molecule has 1 atom stereocenters. The zero-order valence-electron chi connectivity index (χ0n) is 11.5. The summed E-state index contributed by atoms with van der Waals surface area (Å²) in [5, 5.41) is 3.51. The summed E-state index contributed by atoms with van der Waals surface area (Å²) in [4.78, 5) is 0. The summed E-state index contributed by atoms with van der Waals surface area (Å²) in [7, 11) is 1.73. The normalized spacial score (nSPS) is 15.0. The fraction of sp³-hybridized carbons (Fsp3) is 0.571. The molecule has 1 aromatic rings. The Balaban J connectivity index is 2.01. The summed E-state index contributed by atoms with van der Waals surface area (Å²) in [5.41, 5.74) is 1.16. The summed E-state index contributed by atoms with van der Waals surface area (Å²) in [6.45, 7) is 6.16. The fourth-order valence-corrected chi connectivity index (χ4v) is 2.64. The average molecular weight is 330 g/mol. The maximum Gasteiger partial charge on any atom is 0.231 e. The third-order valence-electron chi connectivity index (χ3n) is 3.21. The molecule has 0 bridgehead atoms. The lowest BCUT2D eigenvalue weighted by Crippen LogP contribution is -2.37. The molecule has 0 radical (unpaired) electrons. The minimum atomic E-state index is 0.295. The summed E-state index contributed by atoms with van der Waals surface area (Å²) >= 11 is 3.51. The van der Waals surface area contributed by atoms with Crippen molar-refractivity contribution in [1.82, 2.24) is 5.32 Å². The Hall–Kier alpha value is -0.780. The zero-order chi connectivity index (χ0) is 13.8. The minimum Gasteiger partial charge on any atom is -0.454 e. The predicted molar refractivity (Wildman–Crippen MR) is 77.6 cm³/mol. The second-order valence-corrected chi connectivity index (χ2v) is 5.85. The van der Waals surface area contributed by atoms with Gasteiger partial charge in [-0.1, -0.05) is 13.8 Å². The van der Waals surface area contributed by atoms with Crippen molar-refractivity contribution in [3.63, 3.8) is 0 Å². The van der Waals surface area contributed by atoms with Crippen LogP contribution in [-0.2, 0) is 11.3 Å². The number of fused-ring (bicyclic) bond motifs is 1. The van der Waals surface area contributed by atoms with Crippen molar-refractivity contribution in [3.8, 4) is 11.5 Å². The average Bonchev–Trinajstić information content (AvgIpc) is 2.82. The van der Waals surface area contributed by atoms with Gasteiger partial charge in [0.25, 0.3) is 0 Å². The van der Waals surface area contributed by atoms with E-state index < -0.39 is 0 Å². The molecule has 1 aliphatic heterocycles. The van der Waals surface area contributed by atoms with Gasteiger partial charge in [-0.25, -0.2) is 0 Å². The van der Waals surface area contributed by atoms with E-state index in [2.05, 4.69) is 41.2 Å². The maximum atomic E-state index is 5.42. The molecule has 19 heavy (non-hydrogen) atoms. The molecule has 0 spiro atoms. The fourth-order valence-electron chi connectivity index (χ4n) is 2.04. The highest BCUT2D eigenvalue weighted by atomic mass is 79.9. The lowest BCUT2D eigenvalue weighted by Gasteiger charge is -2.21. The summed E-state index contributed by atoms with van der Waals surface area (Å²) in [5.74, 6) is 2.12. The second kappa shape index (κ2) is 6.59. The van der Waals surface area contributed by atoms with Gasteiger partial charge in [-0.05, 0) is 39.5 Å². The van der Waals surface area contributed by atoms with Crippen LogP contribution < -0.4 is 14.8 Å². The molecule has 2 rings (SSSR count). The standard InChI is InChI=1S/C14H20BrNO3/c1-9(2)12(7-17-3)16-6-10-4-11(15)14-13(5-10)18-8-19-14/h4-5,9,12,16H,6-8H2,1-3H3. The van der Waals surface area contributed by atoms with Crippen molar-refractivity contribution in [3.05, 3.63) is 22.2 Å². The van der Waals surface area contributed by atoms with E-state index in [-0.39, 0.29) is 0 Å². The van der Waals surface area contributed by atoms with E-state index in [9.17, 15) is 0 Å². The van der Waals surface area contributed by atoms with Gasteiger partial charge in [0.2, 0.25) is 6.79 Å². The van der Waals surface area contributed by atoms with E-state index in [1.165, 1.54) is 0 Å². The highest BCUT2D eigenvalue weighted by molar-refractivity contribution is 9.10. The molecule has 1 N–H and O–H groups in total. The molecule has 1 aromatic carbocycles. The van der Waals surface area contributed by atoms with Gasteiger partial charge in [0, 0.05) is 19.7 Å². The predicted octanol–water partition coefficient (Wildman–Crippen LogP) is 2.94. The molecule has 0 aliphatic carbocycles. The number of hydrogen-bond donors (Lipinski definition) is 1. The number of ether oxygens (including phenoxy) is 3. The summed E-state index contributed by atoms with van der Waals surface area (Å²) in [6, 6.07) is 4.42. The van der Waals surface area contributed by atoms with Crippen LogP contribution in [0.1, 0.15) is 19.4 Å². The van der Waals surface area contributed by atoms with Crippen molar-refractivity contribution in [2.24, 2.45) is 5.92 Å². The first-order valence-corrected chi connectivity index (χ1v) is 7.21. The van der Waals surface area contributed by atoms with Crippen molar-refractivity contribution in [2.75, 3.05) is 20.5 Å².